The van der Waals surface area contributed by atoms with E-state index in [1.54, 1.807) is 7.11 Å². The Kier molecular flexibility index (Phi) is 6.73. The number of fused-ring (bicyclic) bond motifs is 1. The van der Waals surface area contributed by atoms with Crippen molar-refractivity contribution in [2.24, 2.45) is 5.92 Å². The molecule has 5 heteroatoms. The van der Waals surface area contributed by atoms with Crippen molar-refractivity contribution >= 4 is 16.9 Å². The molecule has 0 bridgehead atoms. The fraction of sp³-hybridized carbons (Fsp3) is 0.310. The molecule has 34 heavy (non-hydrogen) atoms. The minimum atomic E-state index is 0.0528. The number of benzene rings is 3. The molecule has 4 aromatic rings. The van der Waals surface area contributed by atoms with E-state index in [1.165, 1.54) is 5.56 Å². The molecule has 1 heterocycles. The van der Waals surface area contributed by atoms with Gasteiger partial charge < -0.3 is 9.64 Å². The van der Waals surface area contributed by atoms with Gasteiger partial charge >= 0.3 is 0 Å². The lowest BCUT2D eigenvalue weighted by atomic mass is 9.98. The van der Waals surface area contributed by atoms with Crippen molar-refractivity contribution in [1.29, 1.82) is 0 Å². The van der Waals surface area contributed by atoms with Crippen LogP contribution in [0.4, 0.5) is 0 Å². The van der Waals surface area contributed by atoms with Crippen LogP contribution in [0.25, 0.3) is 16.7 Å². The first-order valence-electron chi connectivity index (χ1n) is 11.8. The number of aryl methyl sites for hydroxylation is 3. The van der Waals surface area contributed by atoms with Crippen LogP contribution in [0.5, 0.6) is 5.75 Å². The standard InChI is InChI=1S/C29H33N3O2/c1-19(2)17-31(29(33)28-21(4)15-20(3)16-22(28)5)18-27-30-25-9-7-8-10-26(25)32(27)23-11-13-24(34-6)14-12-23/h7-16,19H,17-18H2,1-6H3. The molecule has 0 N–H and O–H groups in total. The number of amides is 1. The molecule has 0 saturated heterocycles. The summed E-state index contributed by atoms with van der Waals surface area (Å²) < 4.78 is 7.49. The van der Waals surface area contributed by atoms with Crippen molar-refractivity contribution < 1.29 is 9.53 Å². The van der Waals surface area contributed by atoms with Gasteiger partial charge in [-0.05, 0) is 74.2 Å². The van der Waals surface area contributed by atoms with Gasteiger partial charge in [-0.2, -0.15) is 0 Å². The second-order valence-electron chi connectivity index (χ2n) is 9.40. The predicted molar refractivity (Wildman–Crippen MR) is 138 cm³/mol. The molecule has 3 aromatic carbocycles. The molecule has 5 nitrogen and oxygen atoms in total. The average Bonchev–Trinajstić information content (AvgIpc) is 3.15. The van der Waals surface area contributed by atoms with Gasteiger partial charge in [0.05, 0.1) is 24.7 Å². The van der Waals surface area contributed by atoms with E-state index in [0.29, 0.717) is 19.0 Å². The average molecular weight is 456 g/mol. The summed E-state index contributed by atoms with van der Waals surface area (Å²) >= 11 is 0. The number of para-hydroxylation sites is 2. The predicted octanol–water partition coefficient (Wildman–Crippen LogP) is 6.26. The Labute approximate surface area is 202 Å². The first-order valence-corrected chi connectivity index (χ1v) is 11.8. The normalized spacial score (nSPS) is 11.3. The van der Waals surface area contributed by atoms with Crippen molar-refractivity contribution in [2.45, 2.75) is 41.2 Å². The van der Waals surface area contributed by atoms with Crippen LogP contribution in [0, 0.1) is 26.7 Å². The molecule has 0 atom stereocenters. The topological polar surface area (TPSA) is 47.4 Å². The van der Waals surface area contributed by atoms with Gasteiger partial charge in [-0.3, -0.25) is 9.36 Å². The number of nitrogens with zero attached hydrogens (tertiary/aromatic N) is 3. The molecule has 0 spiro atoms. The van der Waals surface area contributed by atoms with E-state index in [4.69, 9.17) is 9.72 Å². The lowest BCUT2D eigenvalue weighted by Gasteiger charge is -2.26. The van der Waals surface area contributed by atoms with E-state index < -0.39 is 0 Å². The Hall–Kier alpha value is -3.60. The van der Waals surface area contributed by atoms with E-state index in [0.717, 1.165) is 45.0 Å². The summed E-state index contributed by atoms with van der Waals surface area (Å²) in [5, 5.41) is 0. The number of carbonyl (C=O) groups excluding carboxylic acids is 1. The highest BCUT2D eigenvalue weighted by Gasteiger charge is 2.24. The Morgan fingerprint density at radius 1 is 1.00 bits per heavy atom. The highest BCUT2D eigenvalue weighted by molar-refractivity contribution is 5.97. The third-order valence-corrected chi connectivity index (χ3v) is 6.06. The number of aromatic nitrogens is 2. The van der Waals surface area contributed by atoms with Crippen molar-refractivity contribution in [3.63, 3.8) is 0 Å². The van der Waals surface area contributed by atoms with Crippen LogP contribution in [0.1, 0.15) is 46.7 Å². The maximum absolute atomic E-state index is 13.9. The zero-order chi connectivity index (χ0) is 24.4. The number of hydrogen-bond acceptors (Lipinski definition) is 3. The van der Waals surface area contributed by atoms with E-state index in [2.05, 4.69) is 43.5 Å². The zero-order valence-corrected chi connectivity index (χ0v) is 20.9. The first kappa shape index (κ1) is 23.6. The lowest BCUT2D eigenvalue weighted by molar-refractivity contribution is 0.0716. The minimum Gasteiger partial charge on any atom is -0.497 e. The summed E-state index contributed by atoms with van der Waals surface area (Å²) in [6, 6.07) is 20.2. The molecule has 0 unspecified atom stereocenters. The second-order valence-corrected chi connectivity index (χ2v) is 9.40. The summed E-state index contributed by atoms with van der Waals surface area (Å²) in [5.41, 5.74) is 6.90. The summed E-state index contributed by atoms with van der Waals surface area (Å²) in [6.45, 7) is 11.5. The van der Waals surface area contributed by atoms with Gasteiger partial charge in [0.25, 0.3) is 5.91 Å². The van der Waals surface area contributed by atoms with Gasteiger partial charge in [0.1, 0.15) is 11.6 Å². The quantitative estimate of drug-likeness (QED) is 0.331. The second kappa shape index (κ2) is 9.72. The first-order chi connectivity index (χ1) is 16.3. The maximum atomic E-state index is 13.9. The van der Waals surface area contributed by atoms with Crippen LogP contribution in [0.2, 0.25) is 0 Å². The number of rotatable bonds is 7. The lowest BCUT2D eigenvalue weighted by Crippen LogP contribution is -2.35. The molecular formula is C29H33N3O2. The summed E-state index contributed by atoms with van der Waals surface area (Å²) in [6.07, 6.45) is 0. The molecule has 0 aliphatic rings. The highest BCUT2D eigenvalue weighted by atomic mass is 16.5. The number of methoxy groups -OCH3 is 1. The SMILES string of the molecule is COc1ccc(-n2c(CN(CC(C)C)C(=O)c3c(C)cc(C)cc3C)nc3ccccc32)cc1. The van der Waals surface area contributed by atoms with Gasteiger partial charge in [0, 0.05) is 17.8 Å². The summed E-state index contributed by atoms with van der Waals surface area (Å²) in [7, 11) is 1.66. The number of carbonyl (C=O) groups is 1. The zero-order valence-electron chi connectivity index (χ0n) is 20.9. The molecule has 4 rings (SSSR count). The van der Waals surface area contributed by atoms with Crippen molar-refractivity contribution in [3.8, 4) is 11.4 Å². The molecule has 1 amide bonds. The van der Waals surface area contributed by atoms with Crippen molar-refractivity contribution in [1.82, 2.24) is 14.5 Å². The monoisotopic (exact) mass is 455 g/mol. The molecule has 176 valence electrons. The molecule has 0 aliphatic heterocycles. The Bertz CT molecular complexity index is 1300. The number of imidazole rings is 1. The van der Waals surface area contributed by atoms with Gasteiger partial charge in [0.15, 0.2) is 0 Å². The van der Waals surface area contributed by atoms with Crippen molar-refractivity contribution in [3.05, 3.63) is 88.7 Å². The van der Waals surface area contributed by atoms with Gasteiger partial charge in [-0.1, -0.05) is 43.7 Å². The van der Waals surface area contributed by atoms with Gasteiger partial charge in [0.2, 0.25) is 0 Å². The van der Waals surface area contributed by atoms with Gasteiger partial charge in [-0.15, -0.1) is 0 Å². The smallest absolute Gasteiger partial charge is 0.254 e. The Balaban J connectivity index is 1.80. The Morgan fingerprint density at radius 3 is 2.26 bits per heavy atom. The highest BCUT2D eigenvalue weighted by Crippen LogP contribution is 2.26. The van der Waals surface area contributed by atoms with Crippen LogP contribution in [0.3, 0.4) is 0 Å². The van der Waals surface area contributed by atoms with E-state index in [-0.39, 0.29) is 5.91 Å². The number of hydrogen-bond donors (Lipinski definition) is 0. The fourth-order valence-corrected chi connectivity index (χ4v) is 4.71. The van der Waals surface area contributed by atoms with Crippen LogP contribution >= 0.6 is 0 Å². The van der Waals surface area contributed by atoms with E-state index >= 15 is 0 Å². The fourth-order valence-electron chi connectivity index (χ4n) is 4.71. The van der Waals surface area contributed by atoms with Crippen LogP contribution in [0.15, 0.2) is 60.7 Å². The number of ether oxygens (including phenoxy) is 1. The summed E-state index contributed by atoms with van der Waals surface area (Å²) in [5.74, 6) is 2.02. The van der Waals surface area contributed by atoms with Gasteiger partial charge in [-0.25, -0.2) is 4.98 Å². The minimum absolute atomic E-state index is 0.0528. The van der Waals surface area contributed by atoms with Crippen LogP contribution in [-0.4, -0.2) is 34.0 Å². The molecule has 0 saturated carbocycles. The molecule has 0 fully saturated rings. The van der Waals surface area contributed by atoms with E-state index in [9.17, 15) is 4.79 Å². The third-order valence-electron chi connectivity index (χ3n) is 6.06. The van der Waals surface area contributed by atoms with E-state index in [1.807, 2.05) is 61.2 Å². The third kappa shape index (κ3) is 4.69. The molecular weight excluding hydrogens is 422 g/mol. The summed E-state index contributed by atoms with van der Waals surface area (Å²) in [4.78, 5) is 20.7. The van der Waals surface area contributed by atoms with Crippen LogP contribution < -0.4 is 4.74 Å². The Morgan fingerprint density at radius 2 is 1.65 bits per heavy atom. The van der Waals surface area contributed by atoms with Crippen LogP contribution in [-0.2, 0) is 6.54 Å². The molecule has 0 radical (unpaired) electrons. The molecule has 0 aliphatic carbocycles. The molecule has 1 aromatic heterocycles. The maximum Gasteiger partial charge on any atom is 0.254 e. The van der Waals surface area contributed by atoms with Crippen molar-refractivity contribution in [2.75, 3.05) is 13.7 Å². The largest absolute Gasteiger partial charge is 0.497 e.